The van der Waals surface area contributed by atoms with Crippen LogP contribution in [0.1, 0.15) is 30.3 Å². The van der Waals surface area contributed by atoms with Crippen LogP contribution in [-0.4, -0.2) is 47.2 Å². The Balaban J connectivity index is 1.59. The Morgan fingerprint density at radius 1 is 1.43 bits per heavy atom. The maximum Gasteiger partial charge on any atom is 0.270 e. The summed E-state index contributed by atoms with van der Waals surface area (Å²) in [6, 6.07) is 4.26. The molecular formula is C17H21N3O2S. The van der Waals surface area contributed by atoms with E-state index in [0.717, 1.165) is 29.1 Å². The first-order valence-electron chi connectivity index (χ1n) is 8.14. The zero-order chi connectivity index (χ0) is 16.0. The van der Waals surface area contributed by atoms with Crippen LogP contribution in [0.15, 0.2) is 27.8 Å². The maximum absolute atomic E-state index is 12.7. The largest absolute Gasteiger partial charge is 0.464 e. The Bertz CT molecular complexity index is 735. The maximum atomic E-state index is 12.7. The molecule has 1 N–H and O–H groups in total. The van der Waals surface area contributed by atoms with Crippen LogP contribution >= 0.6 is 11.8 Å². The van der Waals surface area contributed by atoms with Crippen LogP contribution in [-0.2, 0) is 0 Å². The van der Waals surface area contributed by atoms with Crippen molar-refractivity contribution >= 4 is 28.6 Å². The smallest absolute Gasteiger partial charge is 0.270 e. The Morgan fingerprint density at radius 3 is 2.91 bits per heavy atom. The van der Waals surface area contributed by atoms with Crippen LogP contribution in [0.4, 0.5) is 0 Å². The highest BCUT2D eigenvalue weighted by atomic mass is 32.2. The molecule has 0 radical (unpaired) electrons. The number of hydrogen-bond acceptors (Lipinski definition) is 5. The Hall–Kier alpha value is -1.53. The summed E-state index contributed by atoms with van der Waals surface area (Å²) >= 11 is 1.53. The zero-order valence-electron chi connectivity index (χ0n) is 13.4. The predicted molar refractivity (Wildman–Crippen MR) is 90.8 cm³/mol. The molecule has 2 aromatic rings. The fraction of sp³-hybridized carbons (Fsp3) is 0.529. The molecule has 2 atom stereocenters. The van der Waals surface area contributed by atoms with E-state index in [1.165, 1.54) is 24.6 Å². The third-order valence-electron chi connectivity index (χ3n) is 5.32. The molecule has 3 fully saturated rings. The van der Waals surface area contributed by atoms with Gasteiger partial charge in [0.05, 0.1) is 11.6 Å². The highest BCUT2D eigenvalue weighted by molar-refractivity contribution is 7.98. The van der Waals surface area contributed by atoms with Gasteiger partial charge in [0.15, 0.2) is 0 Å². The van der Waals surface area contributed by atoms with Gasteiger partial charge in [-0.05, 0) is 51.1 Å². The van der Waals surface area contributed by atoms with Crippen molar-refractivity contribution in [3.63, 3.8) is 0 Å². The van der Waals surface area contributed by atoms with Gasteiger partial charge in [0.2, 0.25) is 0 Å². The third kappa shape index (κ3) is 2.54. The van der Waals surface area contributed by atoms with E-state index >= 15 is 0 Å². The van der Waals surface area contributed by atoms with Gasteiger partial charge in [-0.25, -0.2) is 4.98 Å². The number of carbonyl (C=O) groups is 1. The van der Waals surface area contributed by atoms with Crippen LogP contribution < -0.4 is 5.32 Å². The zero-order valence-corrected chi connectivity index (χ0v) is 14.2. The molecule has 1 amide bonds. The number of hydrogen-bond donors (Lipinski definition) is 1. The first-order valence-corrected chi connectivity index (χ1v) is 9.37. The SMILES string of the molecule is CSc1nc(C(=O)N[C@@H]2C3CCN(CC3)[C@H]2C)cc2occc12. The summed E-state index contributed by atoms with van der Waals surface area (Å²) in [5.41, 5.74) is 1.16. The number of furan rings is 1. The Kier molecular flexibility index (Phi) is 3.81. The second-order valence-corrected chi connectivity index (χ2v) is 7.26. The van der Waals surface area contributed by atoms with Gasteiger partial charge in [-0.2, -0.15) is 0 Å². The van der Waals surface area contributed by atoms with Gasteiger partial charge in [-0.1, -0.05) is 0 Å². The van der Waals surface area contributed by atoms with Crippen molar-refractivity contribution in [3.8, 4) is 0 Å². The van der Waals surface area contributed by atoms with E-state index in [4.69, 9.17) is 4.42 Å². The molecule has 122 valence electrons. The molecule has 3 aliphatic rings. The summed E-state index contributed by atoms with van der Waals surface area (Å²) < 4.78 is 5.47. The molecule has 0 aromatic carbocycles. The molecular weight excluding hydrogens is 310 g/mol. The molecule has 2 bridgehead atoms. The molecule has 5 nitrogen and oxygen atoms in total. The molecule has 3 aliphatic heterocycles. The lowest BCUT2D eigenvalue weighted by molar-refractivity contribution is 0.0216. The number of piperidine rings is 3. The molecule has 3 saturated heterocycles. The standard InChI is InChI=1S/C17H21N3O2S/c1-10-15(11-3-6-20(10)7-4-11)19-16(21)13-9-14-12(5-8-22-14)17(18-13)23-2/h5,8-11,15H,3-4,6-7H2,1-2H3,(H,19,21)/t10-,15-/m0/s1. The van der Waals surface area contributed by atoms with Gasteiger partial charge in [0.1, 0.15) is 16.3 Å². The number of aromatic nitrogens is 1. The summed E-state index contributed by atoms with van der Waals surface area (Å²) in [5, 5.41) is 5.03. The van der Waals surface area contributed by atoms with Crippen molar-refractivity contribution in [2.24, 2.45) is 5.92 Å². The third-order valence-corrected chi connectivity index (χ3v) is 6.01. The topological polar surface area (TPSA) is 58.4 Å². The van der Waals surface area contributed by atoms with Crippen molar-refractivity contribution < 1.29 is 9.21 Å². The predicted octanol–water partition coefficient (Wildman–Crippen LogP) is 2.76. The van der Waals surface area contributed by atoms with Gasteiger partial charge in [-0.3, -0.25) is 9.69 Å². The van der Waals surface area contributed by atoms with Crippen molar-refractivity contribution in [1.29, 1.82) is 0 Å². The quantitative estimate of drug-likeness (QED) is 0.877. The highest BCUT2D eigenvalue weighted by Crippen LogP contribution is 2.32. The minimum absolute atomic E-state index is 0.0933. The van der Waals surface area contributed by atoms with Crippen LogP contribution in [0.2, 0.25) is 0 Å². The van der Waals surface area contributed by atoms with Crippen molar-refractivity contribution in [2.45, 2.75) is 36.9 Å². The van der Waals surface area contributed by atoms with Crippen molar-refractivity contribution in [1.82, 2.24) is 15.2 Å². The number of nitrogens with one attached hydrogen (secondary N) is 1. The summed E-state index contributed by atoms with van der Waals surface area (Å²) in [4.78, 5) is 19.7. The lowest BCUT2D eigenvalue weighted by Crippen LogP contribution is -2.62. The minimum Gasteiger partial charge on any atom is -0.464 e. The van der Waals surface area contributed by atoms with E-state index in [1.54, 1.807) is 12.3 Å². The average Bonchev–Trinajstić information content (AvgIpc) is 3.06. The first kappa shape index (κ1) is 15.0. The summed E-state index contributed by atoms with van der Waals surface area (Å²) in [7, 11) is 0. The van der Waals surface area contributed by atoms with Gasteiger partial charge in [0, 0.05) is 18.2 Å². The van der Waals surface area contributed by atoms with E-state index < -0.39 is 0 Å². The minimum atomic E-state index is -0.0933. The van der Waals surface area contributed by atoms with E-state index in [0.29, 0.717) is 17.7 Å². The van der Waals surface area contributed by atoms with Crippen LogP contribution in [0.25, 0.3) is 11.0 Å². The fourth-order valence-corrected chi connectivity index (χ4v) is 4.56. The van der Waals surface area contributed by atoms with Gasteiger partial charge in [-0.15, -0.1) is 11.8 Å². The fourth-order valence-electron chi connectivity index (χ4n) is 3.98. The lowest BCUT2D eigenvalue weighted by Gasteiger charge is -2.49. The van der Waals surface area contributed by atoms with Crippen molar-refractivity contribution in [3.05, 3.63) is 24.1 Å². The lowest BCUT2D eigenvalue weighted by atomic mass is 9.79. The number of fused-ring (bicyclic) bond motifs is 4. The number of carbonyl (C=O) groups excluding carboxylic acids is 1. The molecule has 0 saturated carbocycles. The van der Waals surface area contributed by atoms with E-state index in [9.17, 15) is 4.79 Å². The van der Waals surface area contributed by atoms with E-state index in [2.05, 4.69) is 22.1 Å². The average molecular weight is 331 g/mol. The Labute approximate surface area is 139 Å². The van der Waals surface area contributed by atoms with Crippen LogP contribution in [0.3, 0.4) is 0 Å². The molecule has 23 heavy (non-hydrogen) atoms. The van der Waals surface area contributed by atoms with Crippen LogP contribution in [0, 0.1) is 5.92 Å². The molecule has 0 unspecified atom stereocenters. The normalized spacial score (nSPS) is 29.8. The number of pyridine rings is 1. The monoisotopic (exact) mass is 331 g/mol. The second-order valence-electron chi connectivity index (χ2n) is 6.46. The number of thioether (sulfide) groups is 1. The van der Waals surface area contributed by atoms with Gasteiger partial charge >= 0.3 is 0 Å². The van der Waals surface area contributed by atoms with Gasteiger partial charge < -0.3 is 9.73 Å². The molecule has 5 rings (SSSR count). The number of rotatable bonds is 3. The Morgan fingerprint density at radius 2 is 2.22 bits per heavy atom. The van der Waals surface area contributed by atoms with E-state index in [-0.39, 0.29) is 11.9 Å². The first-order chi connectivity index (χ1) is 11.2. The number of amides is 1. The second kappa shape index (κ2) is 5.83. The molecule has 0 aliphatic carbocycles. The van der Waals surface area contributed by atoms with Gasteiger partial charge in [0.25, 0.3) is 5.91 Å². The molecule has 6 heteroatoms. The van der Waals surface area contributed by atoms with Crippen molar-refractivity contribution in [2.75, 3.05) is 19.3 Å². The molecule has 5 heterocycles. The van der Waals surface area contributed by atoms with E-state index in [1.807, 2.05) is 12.3 Å². The highest BCUT2D eigenvalue weighted by Gasteiger charge is 2.40. The summed E-state index contributed by atoms with van der Waals surface area (Å²) in [6.07, 6.45) is 5.96. The summed E-state index contributed by atoms with van der Waals surface area (Å²) in [5.74, 6) is 0.496. The summed E-state index contributed by atoms with van der Waals surface area (Å²) in [6.45, 7) is 4.53. The molecule has 0 spiro atoms. The number of nitrogens with zero attached hydrogens (tertiary/aromatic N) is 2. The molecule has 2 aromatic heterocycles. The van der Waals surface area contributed by atoms with Crippen LogP contribution in [0.5, 0.6) is 0 Å².